The van der Waals surface area contributed by atoms with Crippen LogP contribution in [0.5, 0.6) is 0 Å². The third-order valence-corrected chi connectivity index (χ3v) is 1.74. The van der Waals surface area contributed by atoms with Crippen molar-refractivity contribution < 1.29 is 0 Å². The topological polar surface area (TPSA) is 12.9 Å². The molecule has 0 aliphatic rings. The maximum absolute atomic E-state index is 5.64. The molecule has 0 radical (unpaired) electrons. The van der Waals surface area contributed by atoms with Crippen LogP contribution in [0.4, 0.5) is 0 Å². The van der Waals surface area contributed by atoms with Crippen LogP contribution in [-0.4, -0.2) is 4.98 Å². The zero-order valence-electron chi connectivity index (χ0n) is 7.13. The molecule has 0 N–H and O–H groups in total. The van der Waals surface area contributed by atoms with E-state index in [-0.39, 0.29) is 0 Å². The normalized spacial score (nSPS) is 10.8. The predicted molar refractivity (Wildman–Crippen MR) is 53.2 cm³/mol. The molecular formula is C10H12ClN. The van der Waals surface area contributed by atoms with Crippen LogP contribution in [0, 0.1) is 0 Å². The van der Waals surface area contributed by atoms with E-state index in [4.69, 9.17) is 11.6 Å². The number of nitrogens with zero attached hydrogens (tertiary/aromatic N) is 1. The lowest BCUT2D eigenvalue weighted by atomic mass is 10.2. The summed E-state index contributed by atoms with van der Waals surface area (Å²) in [5.41, 5.74) is 1.10. The number of hydrogen-bond acceptors (Lipinski definition) is 1. The summed E-state index contributed by atoms with van der Waals surface area (Å²) < 4.78 is 0. The highest BCUT2D eigenvalue weighted by molar-refractivity contribution is 6.29. The van der Waals surface area contributed by atoms with E-state index in [1.807, 2.05) is 6.07 Å². The zero-order chi connectivity index (χ0) is 8.81. The Balaban J connectivity index is 2.58. The number of pyridine rings is 1. The summed E-state index contributed by atoms with van der Waals surface area (Å²) >= 11 is 5.64. The lowest BCUT2D eigenvalue weighted by Gasteiger charge is -1.91. The number of halogens is 1. The average Bonchev–Trinajstić information content (AvgIpc) is 2.09. The monoisotopic (exact) mass is 181 g/mol. The van der Waals surface area contributed by atoms with E-state index in [2.05, 4.69) is 24.1 Å². The minimum absolute atomic E-state index is 0.544. The van der Waals surface area contributed by atoms with E-state index in [9.17, 15) is 0 Å². The van der Waals surface area contributed by atoms with Gasteiger partial charge in [0.25, 0.3) is 0 Å². The fraction of sp³-hybridized carbons (Fsp3) is 0.300. The Kier molecular flexibility index (Phi) is 3.81. The molecule has 0 bridgehead atoms. The van der Waals surface area contributed by atoms with Crippen LogP contribution in [0.3, 0.4) is 0 Å². The number of allylic oxidation sites excluding steroid dienone is 1. The van der Waals surface area contributed by atoms with Gasteiger partial charge in [-0.25, -0.2) is 4.98 Å². The summed E-state index contributed by atoms with van der Waals surface area (Å²) in [6, 6.07) is 3.76. The van der Waals surface area contributed by atoms with E-state index < -0.39 is 0 Å². The van der Waals surface area contributed by atoms with Gasteiger partial charge in [0.2, 0.25) is 0 Å². The lowest BCUT2D eigenvalue weighted by molar-refractivity contribution is 0.962. The largest absolute Gasteiger partial charge is 0.244 e. The van der Waals surface area contributed by atoms with E-state index in [0.717, 1.165) is 12.0 Å². The van der Waals surface area contributed by atoms with Crippen LogP contribution < -0.4 is 0 Å². The average molecular weight is 182 g/mol. The van der Waals surface area contributed by atoms with Gasteiger partial charge in [0, 0.05) is 6.20 Å². The quantitative estimate of drug-likeness (QED) is 0.650. The highest BCUT2D eigenvalue weighted by Gasteiger charge is 1.87. The first kappa shape index (κ1) is 9.27. The fourth-order valence-corrected chi connectivity index (χ4v) is 0.984. The van der Waals surface area contributed by atoms with Gasteiger partial charge < -0.3 is 0 Å². The van der Waals surface area contributed by atoms with E-state index >= 15 is 0 Å². The van der Waals surface area contributed by atoms with Crippen LogP contribution in [0.2, 0.25) is 5.15 Å². The molecule has 2 heteroatoms. The van der Waals surface area contributed by atoms with Crippen molar-refractivity contribution in [3.05, 3.63) is 35.1 Å². The molecule has 0 saturated carbocycles. The van der Waals surface area contributed by atoms with Crippen molar-refractivity contribution in [3.8, 4) is 0 Å². The Morgan fingerprint density at radius 2 is 2.33 bits per heavy atom. The zero-order valence-corrected chi connectivity index (χ0v) is 7.88. The molecule has 1 aromatic rings. The molecule has 0 fully saturated rings. The van der Waals surface area contributed by atoms with Gasteiger partial charge in [-0.2, -0.15) is 0 Å². The lowest BCUT2D eigenvalue weighted by Crippen LogP contribution is -1.75. The first-order chi connectivity index (χ1) is 5.83. The SMILES string of the molecule is CCCC=Cc1ccc(Cl)nc1. The van der Waals surface area contributed by atoms with Crippen molar-refractivity contribution in [3.63, 3.8) is 0 Å². The summed E-state index contributed by atoms with van der Waals surface area (Å²) in [5, 5.41) is 0.544. The molecule has 1 aromatic heterocycles. The van der Waals surface area contributed by atoms with Crippen LogP contribution in [0.15, 0.2) is 24.4 Å². The van der Waals surface area contributed by atoms with Crippen LogP contribution in [0.25, 0.3) is 6.08 Å². The van der Waals surface area contributed by atoms with Crippen molar-refractivity contribution in [1.82, 2.24) is 4.98 Å². The van der Waals surface area contributed by atoms with Crippen molar-refractivity contribution >= 4 is 17.7 Å². The second-order valence-corrected chi connectivity index (χ2v) is 2.99. The minimum Gasteiger partial charge on any atom is -0.244 e. The Morgan fingerprint density at radius 1 is 1.50 bits per heavy atom. The van der Waals surface area contributed by atoms with Gasteiger partial charge in [0.15, 0.2) is 0 Å². The minimum atomic E-state index is 0.544. The third kappa shape index (κ3) is 3.05. The molecule has 0 saturated heterocycles. The smallest absolute Gasteiger partial charge is 0.129 e. The molecule has 12 heavy (non-hydrogen) atoms. The van der Waals surface area contributed by atoms with Crippen LogP contribution >= 0.6 is 11.6 Å². The Labute approximate surface area is 78.1 Å². The molecule has 0 aliphatic heterocycles. The summed E-state index contributed by atoms with van der Waals surface area (Å²) in [6.07, 6.45) is 8.27. The van der Waals surface area contributed by atoms with Crippen molar-refractivity contribution in [1.29, 1.82) is 0 Å². The van der Waals surface area contributed by atoms with Gasteiger partial charge in [-0.3, -0.25) is 0 Å². The van der Waals surface area contributed by atoms with Crippen molar-refractivity contribution in [2.75, 3.05) is 0 Å². The van der Waals surface area contributed by atoms with Crippen molar-refractivity contribution in [2.45, 2.75) is 19.8 Å². The first-order valence-electron chi connectivity index (χ1n) is 4.11. The summed E-state index contributed by atoms with van der Waals surface area (Å²) in [5.74, 6) is 0. The molecular weight excluding hydrogens is 170 g/mol. The predicted octanol–water partition coefficient (Wildman–Crippen LogP) is 3.55. The van der Waals surface area contributed by atoms with Gasteiger partial charge >= 0.3 is 0 Å². The number of aromatic nitrogens is 1. The second kappa shape index (κ2) is 4.94. The number of hydrogen-bond donors (Lipinski definition) is 0. The molecule has 64 valence electrons. The van der Waals surface area contributed by atoms with E-state index in [1.165, 1.54) is 6.42 Å². The molecule has 0 aliphatic carbocycles. The van der Waals surface area contributed by atoms with Gasteiger partial charge in [0.1, 0.15) is 5.15 Å². The molecule has 0 aromatic carbocycles. The standard InChI is InChI=1S/C10H12ClN/c1-2-3-4-5-9-6-7-10(11)12-8-9/h4-8H,2-3H2,1H3. The molecule has 0 amide bonds. The third-order valence-electron chi connectivity index (χ3n) is 1.52. The molecule has 1 heterocycles. The highest BCUT2D eigenvalue weighted by Crippen LogP contribution is 2.07. The highest BCUT2D eigenvalue weighted by atomic mass is 35.5. The van der Waals surface area contributed by atoms with Gasteiger partial charge in [-0.15, -0.1) is 0 Å². The van der Waals surface area contributed by atoms with Gasteiger partial charge in [-0.05, 0) is 18.1 Å². The maximum Gasteiger partial charge on any atom is 0.129 e. The second-order valence-electron chi connectivity index (χ2n) is 2.61. The van der Waals surface area contributed by atoms with Crippen LogP contribution in [-0.2, 0) is 0 Å². The Hall–Kier alpha value is -0.820. The summed E-state index contributed by atoms with van der Waals surface area (Å²) in [6.45, 7) is 2.16. The molecule has 0 atom stereocenters. The maximum atomic E-state index is 5.64. The first-order valence-corrected chi connectivity index (χ1v) is 4.49. The van der Waals surface area contributed by atoms with E-state index in [0.29, 0.717) is 5.15 Å². The Morgan fingerprint density at radius 3 is 2.92 bits per heavy atom. The fourth-order valence-electron chi connectivity index (χ4n) is 0.872. The van der Waals surface area contributed by atoms with E-state index in [1.54, 1.807) is 12.3 Å². The van der Waals surface area contributed by atoms with Gasteiger partial charge in [-0.1, -0.05) is 43.2 Å². The summed E-state index contributed by atoms with van der Waals surface area (Å²) in [4.78, 5) is 3.97. The van der Waals surface area contributed by atoms with Crippen molar-refractivity contribution in [2.24, 2.45) is 0 Å². The molecule has 0 spiro atoms. The van der Waals surface area contributed by atoms with Crippen LogP contribution in [0.1, 0.15) is 25.3 Å². The van der Waals surface area contributed by atoms with Gasteiger partial charge in [0.05, 0.1) is 0 Å². The Bertz CT molecular complexity index is 251. The number of unbranched alkanes of at least 4 members (excludes halogenated alkanes) is 1. The molecule has 1 nitrogen and oxygen atoms in total. The molecule has 1 rings (SSSR count). The molecule has 0 unspecified atom stereocenters. The summed E-state index contributed by atoms with van der Waals surface area (Å²) in [7, 11) is 0. The number of rotatable bonds is 3.